The molecule has 0 heterocycles. The Morgan fingerprint density at radius 1 is 0.247 bits per heavy atom. The van der Waals surface area contributed by atoms with Crippen molar-refractivity contribution in [2.24, 2.45) is 0 Å². The highest BCUT2D eigenvalue weighted by Gasteiger charge is 2.19. The topological polar surface area (TPSA) is 78.9 Å². The first-order valence-corrected chi connectivity index (χ1v) is 35.8. The van der Waals surface area contributed by atoms with E-state index in [-0.39, 0.29) is 31.1 Å². The van der Waals surface area contributed by atoms with Crippen LogP contribution in [-0.2, 0) is 28.6 Å². The first-order chi connectivity index (χ1) is 40.0. The Morgan fingerprint density at radius 2 is 0.444 bits per heavy atom. The molecule has 0 fully saturated rings. The van der Waals surface area contributed by atoms with Crippen LogP contribution in [0.5, 0.6) is 0 Å². The molecule has 6 nitrogen and oxygen atoms in total. The van der Waals surface area contributed by atoms with Crippen LogP contribution in [-0.4, -0.2) is 37.2 Å². The zero-order valence-electron chi connectivity index (χ0n) is 54.3. The van der Waals surface area contributed by atoms with Gasteiger partial charge in [0.25, 0.3) is 0 Å². The molecule has 0 aromatic heterocycles. The third-order valence-corrected chi connectivity index (χ3v) is 16.0. The maximum atomic E-state index is 13.0. The van der Waals surface area contributed by atoms with Gasteiger partial charge in [-0.05, 0) is 109 Å². The van der Waals surface area contributed by atoms with Crippen molar-refractivity contribution in [1.29, 1.82) is 0 Å². The molecule has 0 saturated heterocycles. The number of hydrogen-bond acceptors (Lipinski definition) is 6. The van der Waals surface area contributed by atoms with E-state index in [0.29, 0.717) is 19.3 Å². The van der Waals surface area contributed by atoms with E-state index in [1.165, 1.54) is 263 Å². The molecule has 0 aromatic rings. The van der Waals surface area contributed by atoms with Crippen molar-refractivity contribution in [3.8, 4) is 0 Å². The Balaban J connectivity index is 4.33. The highest BCUT2D eigenvalue weighted by atomic mass is 16.6. The minimum Gasteiger partial charge on any atom is -0.462 e. The minimum atomic E-state index is -0.780. The van der Waals surface area contributed by atoms with Gasteiger partial charge in [-0.2, -0.15) is 0 Å². The van der Waals surface area contributed by atoms with Crippen LogP contribution in [0.2, 0.25) is 0 Å². The number of esters is 3. The van der Waals surface area contributed by atoms with Crippen molar-refractivity contribution < 1.29 is 28.6 Å². The van der Waals surface area contributed by atoms with Gasteiger partial charge in [0.1, 0.15) is 13.2 Å². The molecule has 472 valence electrons. The highest BCUT2D eigenvalue weighted by molar-refractivity contribution is 5.71. The molecule has 0 radical (unpaired) electrons. The molecule has 0 N–H and O–H groups in total. The van der Waals surface area contributed by atoms with Crippen LogP contribution in [0, 0.1) is 0 Å². The molecular weight excluding hydrogens is 997 g/mol. The van der Waals surface area contributed by atoms with E-state index in [1.807, 2.05) is 0 Å². The van der Waals surface area contributed by atoms with E-state index >= 15 is 0 Å². The van der Waals surface area contributed by atoms with Crippen molar-refractivity contribution in [1.82, 2.24) is 0 Å². The summed E-state index contributed by atoms with van der Waals surface area (Å²) in [5, 5.41) is 0. The fraction of sp³-hybridized carbons (Fsp3) is 0.827. The second-order valence-corrected chi connectivity index (χ2v) is 24.1. The summed E-state index contributed by atoms with van der Waals surface area (Å²) in [5.41, 5.74) is 0. The largest absolute Gasteiger partial charge is 0.462 e. The van der Waals surface area contributed by atoms with Gasteiger partial charge in [0.05, 0.1) is 0 Å². The van der Waals surface area contributed by atoms with Crippen molar-refractivity contribution in [3.05, 3.63) is 60.8 Å². The summed E-state index contributed by atoms with van der Waals surface area (Å²) in [7, 11) is 0. The first-order valence-electron chi connectivity index (χ1n) is 35.8. The van der Waals surface area contributed by atoms with E-state index in [4.69, 9.17) is 14.2 Å². The first kappa shape index (κ1) is 78.1. The number of rotatable bonds is 66. The number of hydrogen-bond donors (Lipinski definition) is 0. The minimum absolute atomic E-state index is 0.0755. The van der Waals surface area contributed by atoms with E-state index in [9.17, 15) is 14.4 Å². The van der Waals surface area contributed by atoms with Crippen molar-refractivity contribution in [2.75, 3.05) is 13.2 Å². The normalized spacial score (nSPS) is 12.4. The van der Waals surface area contributed by atoms with Gasteiger partial charge in [0.2, 0.25) is 0 Å². The summed E-state index contributed by atoms with van der Waals surface area (Å²) in [6.07, 6.45) is 89.5. The Morgan fingerprint density at radius 3 is 0.716 bits per heavy atom. The third kappa shape index (κ3) is 67.8. The monoisotopic (exact) mass is 1130 g/mol. The van der Waals surface area contributed by atoms with Gasteiger partial charge in [0.15, 0.2) is 6.10 Å². The van der Waals surface area contributed by atoms with Gasteiger partial charge >= 0.3 is 17.9 Å². The van der Waals surface area contributed by atoms with Crippen LogP contribution < -0.4 is 0 Å². The fourth-order valence-electron chi connectivity index (χ4n) is 10.6. The van der Waals surface area contributed by atoms with Crippen molar-refractivity contribution in [3.63, 3.8) is 0 Å². The molecular formula is C75H136O6. The lowest BCUT2D eigenvalue weighted by Gasteiger charge is -2.18. The molecule has 1 atom stereocenters. The van der Waals surface area contributed by atoms with Crippen LogP contribution in [0.4, 0.5) is 0 Å². The van der Waals surface area contributed by atoms with Gasteiger partial charge in [-0.3, -0.25) is 14.4 Å². The number of allylic oxidation sites excluding steroid dienone is 10. The van der Waals surface area contributed by atoms with Gasteiger partial charge in [0, 0.05) is 19.3 Å². The highest BCUT2D eigenvalue weighted by Crippen LogP contribution is 2.18. The molecule has 6 heteroatoms. The van der Waals surface area contributed by atoms with Crippen LogP contribution in [0.15, 0.2) is 60.8 Å². The molecule has 0 aliphatic rings. The number of carbonyl (C=O) groups is 3. The van der Waals surface area contributed by atoms with Gasteiger partial charge in [-0.25, -0.2) is 0 Å². The van der Waals surface area contributed by atoms with Crippen LogP contribution in [0.1, 0.15) is 380 Å². The van der Waals surface area contributed by atoms with Gasteiger partial charge in [-0.1, -0.05) is 313 Å². The van der Waals surface area contributed by atoms with Gasteiger partial charge < -0.3 is 14.2 Å². The second-order valence-electron chi connectivity index (χ2n) is 24.1. The quantitative estimate of drug-likeness (QED) is 0.0261. The predicted octanol–water partition coefficient (Wildman–Crippen LogP) is 24.7. The molecule has 0 aliphatic heterocycles. The van der Waals surface area contributed by atoms with E-state index in [1.54, 1.807) is 0 Å². The van der Waals surface area contributed by atoms with E-state index in [0.717, 1.165) is 77.0 Å². The Kier molecular flexibility index (Phi) is 67.1. The molecule has 0 rings (SSSR count). The van der Waals surface area contributed by atoms with Gasteiger partial charge in [-0.15, -0.1) is 0 Å². The zero-order valence-corrected chi connectivity index (χ0v) is 54.3. The average molecular weight is 1130 g/mol. The maximum Gasteiger partial charge on any atom is 0.306 e. The summed E-state index contributed by atoms with van der Waals surface area (Å²) in [6.45, 7) is 6.66. The smallest absolute Gasteiger partial charge is 0.306 e. The summed E-state index contributed by atoms with van der Waals surface area (Å²) in [4.78, 5) is 38.5. The van der Waals surface area contributed by atoms with E-state index < -0.39 is 6.10 Å². The molecule has 0 spiro atoms. The third-order valence-electron chi connectivity index (χ3n) is 16.0. The predicted molar refractivity (Wildman–Crippen MR) is 353 cm³/mol. The fourth-order valence-corrected chi connectivity index (χ4v) is 10.6. The molecule has 1 unspecified atom stereocenters. The maximum absolute atomic E-state index is 13.0. The molecule has 0 aromatic carbocycles. The lowest BCUT2D eigenvalue weighted by atomic mass is 10.0. The molecule has 0 amide bonds. The lowest BCUT2D eigenvalue weighted by Crippen LogP contribution is -2.30. The molecule has 0 bridgehead atoms. The Labute approximate surface area is 504 Å². The molecule has 81 heavy (non-hydrogen) atoms. The van der Waals surface area contributed by atoms with Crippen molar-refractivity contribution in [2.45, 2.75) is 386 Å². The number of carbonyl (C=O) groups excluding carboxylic acids is 3. The summed E-state index contributed by atoms with van der Waals surface area (Å²) in [6, 6.07) is 0. The Bertz CT molecular complexity index is 1440. The van der Waals surface area contributed by atoms with Crippen LogP contribution >= 0.6 is 0 Å². The standard InChI is InChI=1S/C75H136O6/c1-4-7-10-13-16-19-22-25-28-31-33-35-37-39-41-44-47-50-53-56-59-62-65-68-74(77)80-71-72(70-79-73(76)67-64-61-58-55-52-49-46-43-30-27-24-21-18-15-12-9-6-3)81-75(78)69-66-63-60-57-54-51-48-45-42-40-38-36-34-32-29-26-23-20-17-14-11-8-5-2/h18,21-22,25,27,30-34,72H,4-17,19-20,23-24,26,28-29,35-71H2,1-3H3/b21-18-,25-22-,30-27-,33-31-,34-32-. The Hall–Kier alpha value is -2.89. The average Bonchev–Trinajstić information content (AvgIpc) is 3.47. The van der Waals surface area contributed by atoms with E-state index in [2.05, 4.69) is 81.5 Å². The second kappa shape index (κ2) is 69.6. The number of ether oxygens (including phenoxy) is 3. The SMILES string of the molecule is CCCCC/C=C\C/C=C\CCCCCCCCCC(=O)OCC(COC(=O)CCCCCCCCCCCCC/C=C\C/C=C\CCCCCCC)OC(=O)CCCCCCCCCCCCC/C=C\CCCCCCCCCC. The number of unbranched alkanes of at least 4 members (excludes halogenated alkanes) is 45. The molecule has 0 aliphatic carbocycles. The van der Waals surface area contributed by atoms with Crippen LogP contribution in [0.25, 0.3) is 0 Å². The zero-order chi connectivity index (χ0) is 58.5. The lowest BCUT2D eigenvalue weighted by molar-refractivity contribution is -0.167. The van der Waals surface area contributed by atoms with Crippen molar-refractivity contribution >= 4 is 17.9 Å². The summed E-state index contributed by atoms with van der Waals surface area (Å²) in [5.74, 6) is -0.862. The van der Waals surface area contributed by atoms with Crippen LogP contribution in [0.3, 0.4) is 0 Å². The summed E-state index contributed by atoms with van der Waals surface area (Å²) >= 11 is 0. The summed E-state index contributed by atoms with van der Waals surface area (Å²) < 4.78 is 17.0. The molecule has 0 saturated carbocycles.